The second kappa shape index (κ2) is 6.28. The number of carbonyl (C=O) groups is 1. The number of hydrogen-bond acceptors (Lipinski definition) is 3. The fraction of sp³-hybridized carbons (Fsp3) is 0.417. The lowest BCUT2D eigenvalue weighted by Crippen LogP contribution is -2.38. The summed E-state index contributed by atoms with van der Waals surface area (Å²) in [4.78, 5) is 11.8. The Hall–Kier alpha value is -0.850. The predicted molar refractivity (Wildman–Crippen MR) is 77.3 cm³/mol. The van der Waals surface area contributed by atoms with Gasteiger partial charge in [-0.1, -0.05) is 23.2 Å². The fourth-order valence-electron chi connectivity index (χ4n) is 1.47. The maximum absolute atomic E-state index is 13.4. The van der Waals surface area contributed by atoms with E-state index in [0.717, 1.165) is 12.3 Å². The molecule has 1 aromatic rings. The van der Waals surface area contributed by atoms with Gasteiger partial charge in [-0.05, 0) is 31.5 Å². The Morgan fingerprint density at radius 3 is 2.30 bits per heavy atom. The van der Waals surface area contributed by atoms with E-state index in [1.165, 1.54) is 13.0 Å². The summed E-state index contributed by atoms with van der Waals surface area (Å²) in [5.74, 6) is -1.34. The van der Waals surface area contributed by atoms with Crippen LogP contribution in [0.4, 0.5) is 4.39 Å². The molecule has 0 spiro atoms. The molecule has 112 valence electrons. The number of rotatable bonds is 4. The minimum absolute atomic E-state index is 0.123. The van der Waals surface area contributed by atoms with E-state index in [1.807, 2.05) is 0 Å². The molecule has 8 heteroatoms. The Kier molecular flexibility index (Phi) is 5.40. The Balaban J connectivity index is 2.95. The first-order valence-corrected chi connectivity index (χ1v) is 8.38. The Bertz CT molecular complexity index is 634. The van der Waals surface area contributed by atoms with E-state index in [2.05, 4.69) is 5.32 Å². The third kappa shape index (κ3) is 4.07. The highest BCUT2D eigenvalue weighted by Crippen LogP contribution is 2.28. The Morgan fingerprint density at radius 2 is 1.80 bits per heavy atom. The van der Waals surface area contributed by atoms with E-state index in [9.17, 15) is 17.6 Å². The fourth-order valence-corrected chi connectivity index (χ4v) is 2.48. The molecule has 4 nitrogen and oxygen atoms in total. The van der Waals surface area contributed by atoms with Crippen molar-refractivity contribution in [2.24, 2.45) is 0 Å². The lowest BCUT2D eigenvalue weighted by atomic mass is 10.1. The van der Waals surface area contributed by atoms with Crippen molar-refractivity contribution >= 4 is 38.9 Å². The van der Waals surface area contributed by atoms with Gasteiger partial charge in [0.2, 0.25) is 5.91 Å². The molecule has 0 aliphatic rings. The zero-order valence-electron chi connectivity index (χ0n) is 11.1. The molecular weight excluding hydrogens is 328 g/mol. The van der Waals surface area contributed by atoms with Crippen LogP contribution in [0.5, 0.6) is 0 Å². The highest BCUT2D eigenvalue weighted by Gasteiger charge is 2.25. The molecule has 2 atom stereocenters. The zero-order valence-corrected chi connectivity index (χ0v) is 13.4. The first-order chi connectivity index (χ1) is 9.04. The molecule has 0 aromatic heterocycles. The number of nitrogens with one attached hydrogen (secondary N) is 1. The van der Waals surface area contributed by atoms with Crippen LogP contribution >= 0.6 is 23.2 Å². The minimum Gasteiger partial charge on any atom is -0.348 e. The van der Waals surface area contributed by atoms with Crippen molar-refractivity contribution < 1.29 is 17.6 Å². The largest absolute Gasteiger partial charge is 0.348 e. The van der Waals surface area contributed by atoms with Gasteiger partial charge < -0.3 is 5.32 Å². The van der Waals surface area contributed by atoms with Crippen molar-refractivity contribution in [2.45, 2.75) is 25.1 Å². The van der Waals surface area contributed by atoms with Gasteiger partial charge in [0, 0.05) is 11.3 Å². The van der Waals surface area contributed by atoms with Crippen molar-refractivity contribution in [1.29, 1.82) is 0 Å². The zero-order chi connectivity index (χ0) is 15.7. The van der Waals surface area contributed by atoms with E-state index in [1.54, 1.807) is 6.92 Å². The standard InChI is InChI=1S/C12H14Cl2FNO3S/c1-6(16-12(17)7(2)20(3,18)19)8-4-11(15)10(14)5-9(8)13/h4-7H,1-3H3,(H,16,17)/t6-,7-/m1/s1. The first-order valence-electron chi connectivity index (χ1n) is 5.67. The van der Waals surface area contributed by atoms with Gasteiger partial charge in [0.15, 0.2) is 9.84 Å². The van der Waals surface area contributed by atoms with Crippen molar-refractivity contribution in [3.63, 3.8) is 0 Å². The molecule has 0 saturated heterocycles. The molecular formula is C12H14Cl2FNO3S. The minimum atomic E-state index is -3.50. The highest BCUT2D eigenvalue weighted by atomic mass is 35.5. The van der Waals surface area contributed by atoms with E-state index < -0.39 is 32.9 Å². The number of benzene rings is 1. The maximum atomic E-state index is 13.4. The van der Waals surface area contributed by atoms with Crippen LogP contribution < -0.4 is 5.32 Å². The number of amides is 1. The van der Waals surface area contributed by atoms with Crippen molar-refractivity contribution in [2.75, 3.05) is 6.26 Å². The van der Waals surface area contributed by atoms with E-state index in [0.29, 0.717) is 5.56 Å². The highest BCUT2D eigenvalue weighted by molar-refractivity contribution is 7.92. The summed E-state index contributed by atoms with van der Waals surface area (Å²) in [6.45, 7) is 2.85. The summed E-state index contributed by atoms with van der Waals surface area (Å²) in [7, 11) is -3.50. The summed E-state index contributed by atoms with van der Waals surface area (Å²) in [5, 5.41) is 1.35. The van der Waals surface area contributed by atoms with Crippen LogP contribution in [0.2, 0.25) is 10.0 Å². The number of carbonyl (C=O) groups excluding carboxylic acids is 1. The van der Waals surface area contributed by atoms with Gasteiger partial charge in [0.1, 0.15) is 11.1 Å². The van der Waals surface area contributed by atoms with Gasteiger partial charge in [0.05, 0.1) is 11.1 Å². The summed E-state index contributed by atoms with van der Waals surface area (Å²) in [5.41, 5.74) is 0.322. The predicted octanol–water partition coefficient (Wildman–Crippen LogP) is 2.74. The summed E-state index contributed by atoms with van der Waals surface area (Å²) < 4.78 is 36.0. The normalized spacial score (nSPS) is 14.7. The average molecular weight is 342 g/mol. The number of hydrogen-bond donors (Lipinski definition) is 1. The molecule has 1 N–H and O–H groups in total. The van der Waals surface area contributed by atoms with Crippen molar-refractivity contribution in [1.82, 2.24) is 5.32 Å². The molecule has 0 bridgehead atoms. The molecule has 0 radical (unpaired) electrons. The Labute approximate surface area is 127 Å². The molecule has 1 aromatic carbocycles. The molecule has 0 saturated carbocycles. The quantitative estimate of drug-likeness (QED) is 0.856. The molecule has 0 fully saturated rings. The number of sulfone groups is 1. The van der Waals surface area contributed by atoms with Crippen LogP contribution in [0.1, 0.15) is 25.5 Å². The summed E-state index contributed by atoms with van der Waals surface area (Å²) in [6, 6.07) is 1.70. The molecule has 0 aliphatic heterocycles. The maximum Gasteiger partial charge on any atom is 0.238 e. The average Bonchev–Trinajstić information content (AvgIpc) is 2.31. The third-order valence-electron chi connectivity index (χ3n) is 2.88. The van der Waals surface area contributed by atoms with Crippen LogP contribution in [0.3, 0.4) is 0 Å². The van der Waals surface area contributed by atoms with Gasteiger partial charge in [-0.3, -0.25) is 4.79 Å². The monoisotopic (exact) mass is 341 g/mol. The first kappa shape index (κ1) is 17.2. The van der Waals surface area contributed by atoms with E-state index >= 15 is 0 Å². The SMILES string of the molecule is C[C@H](C(=O)N[C@H](C)c1cc(F)c(Cl)cc1Cl)S(C)(=O)=O. The van der Waals surface area contributed by atoms with Gasteiger partial charge >= 0.3 is 0 Å². The van der Waals surface area contributed by atoms with Crippen LogP contribution in [-0.4, -0.2) is 25.8 Å². The van der Waals surface area contributed by atoms with Gasteiger partial charge in [-0.2, -0.15) is 0 Å². The van der Waals surface area contributed by atoms with Crippen molar-refractivity contribution in [3.8, 4) is 0 Å². The van der Waals surface area contributed by atoms with E-state index in [4.69, 9.17) is 23.2 Å². The summed E-state index contributed by atoms with van der Waals surface area (Å²) in [6.07, 6.45) is 0.969. The molecule has 0 heterocycles. The van der Waals surface area contributed by atoms with Gasteiger partial charge in [-0.25, -0.2) is 12.8 Å². The topological polar surface area (TPSA) is 63.2 Å². The second-order valence-corrected chi connectivity index (χ2v) is 7.67. The smallest absolute Gasteiger partial charge is 0.238 e. The summed E-state index contributed by atoms with van der Waals surface area (Å²) >= 11 is 11.5. The van der Waals surface area contributed by atoms with Gasteiger partial charge in [0.25, 0.3) is 0 Å². The van der Waals surface area contributed by atoms with E-state index in [-0.39, 0.29) is 10.0 Å². The molecule has 20 heavy (non-hydrogen) atoms. The Morgan fingerprint density at radius 1 is 1.25 bits per heavy atom. The molecule has 1 rings (SSSR count). The lowest BCUT2D eigenvalue weighted by Gasteiger charge is -2.18. The van der Waals surface area contributed by atoms with Crippen LogP contribution in [0.25, 0.3) is 0 Å². The lowest BCUT2D eigenvalue weighted by molar-refractivity contribution is -0.121. The number of halogens is 3. The third-order valence-corrected chi connectivity index (χ3v) is 4.99. The van der Waals surface area contributed by atoms with Crippen LogP contribution in [0, 0.1) is 5.82 Å². The second-order valence-electron chi connectivity index (χ2n) is 4.49. The van der Waals surface area contributed by atoms with Crippen LogP contribution in [-0.2, 0) is 14.6 Å². The molecule has 0 unspecified atom stereocenters. The van der Waals surface area contributed by atoms with Crippen molar-refractivity contribution in [3.05, 3.63) is 33.6 Å². The van der Waals surface area contributed by atoms with Crippen LogP contribution in [0.15, 0.2) is 12.1 Å². The molecule has 1 amide bonds. The molecule has 0 aliphatic carbocycles. The van der Waals surface area contributed by atoms with Gasteiger partial charge in [-0.15, -0.1) is 0 Å².